The molecule has 1 heterocycles. The molecule has 154 valence electrons. The molecular formula is C20H35IN4O2. The van der Waals surface area contributed by atoms with Crippen molar-refractivity contribution in [3.05, 3.63) is 35.9 Å². The van der Waals surface area contributed by atoms with E-state index >= 15 is 0 Å². The van der Waals surface area contributed by atoms with Crippen molar-refractivity contribution in [3.63, 3.8) is 0 Å². The lowest BCUT2D eigenvalue weighted by atomic mass is 10.0. The monoisotopic (exact) mass is 490 g/mol. The number of rotatable bonds is 9. The van der Waals surface area contributed by atoms with Crippen LogP contribution >= 0.6 is 24.0 Å². The molecule has 6 nitrogen and oxygen atoms in total. The number of hydrogen-bond donors (Lipinski definition) is 4. The minimum atomic E-state index is -0.110. The Bertz CT molecular complexity index is 522. The number of nitrogens with one attached hydrogen (secondary N) is 2. The van der Waals surface area contributed by atoms with Gasteiger partial charge in [-0.15, -0.1) is 24.0 Å². The van der Waals surface area contributed by atoms with Gasteiger partial charge >= 0.3 is 0 Å². The summed E-state index contributed by atoms with van der Waals surface area (Å²) in [5, 5.41) is 25.9. The zero-order chi connectivity index (χ0) is 18.6. The molecular weight excluding hydrogens is 455 g/mol. The van der Waals surface area contributed by atoms with Crippen LogP contribution in [0.4, 0.5) is 0 Å². The van der Waals surface area contributed by atoms with E-state index in [0.717, 1.165) is 63.5 Å². The Kier molecular flexibility index (Phi) is 12.6. The van der Waals surface area contributed by atoms with Crippen molar-refractivity contribution in [3.8, 4) is 0 Å². The van der Waals surface area contributed by atoms with E-state index in [0.29, 0.717) is 6.54 Å². The zero-order valence-electron chi connectivity index (χ0n) is 16.3. The molecule has 4 N–H and O–H groups in total. The zero-order valence-corrected chi connectivity index (χ0v) is 18.6. The highest BCUT2D eigenvalue weighted by Gasteiger charge is 2.16. The Hall–Kier alpha value is -0.900. The van der Waals surface area contributed by atoms with Gasteiger partial charge in [0.25, 0.3) is 0 Å². The van der Waals surface area contributed by atoms with Gasteiger partial charge in [0.15, 0.2) is 5.96 Å². The fourth-order valence-corrected chi connectivity index (χ4v) is 3.19. The fraction of sp³-hybridized carbons (Fsp3) is 0.650. The van der Waals surface area contributed by atoms with E-state index in [9.17, 15) is 10.2 Å². The summed E-state index contributed by atoms with van der Waals surface area (Å²) in [6, 6.07) is 10.0. The predicted octanol–water partition coefficient (Wildman–Crippen LogP) is 1.78. The Morgan fingerprint density at radius 3 is 2.56 bits per heavy atom. The summed E-state index contributed by atoms with van der Waals surface area (Å²) in [6.07, 6.45) is 2.71. The first kappa shape index (κ1) is 24.1. The molecule has 1 saturated heterocycles. The Morgan fingerprint density at radius 2 is 1.93 bits per heavy atom. The van der Waals surface area contributed by atoms with Gasteiger partial charge in [-0.1, -0.05) is 30.3 Å². The average Bonchev–Trinajstić information content (AvgIpc) is 2.67. The highest BCUT2D eigenvalue weighted by atomic mass is 127. The van der Waals surface area contributed by atoms with E-state index in [1.54, 1.807) is 0 Å². The first-order valence-electron chi connectivity index (χ1n) is 9.81. The van der Waals surface area contributed by atoms with E-state index in [-0.39, 0.29) is 42.6 Å². The quantitative estimate of drug-likeness (QED) is 0.184. The highest BCUT2D eigenvalue weighted by Crippen LogP contribution is 2.15. The second-order valence-corrected chi connectivity index (χ2v) is 6.86. The highest BCUT2D eigenvalue weighted by molar-refractivity contribution is 14.0. The van der Waals surface area contributed by atoms with Crippen LogP contribution in [0, 0.1) is 0 Å². The number of piperidine rings is 1. The van der Waals surface area contributed by atoms with Crippen LogP contribution in [0.15, 0.2) is 35.3 Å². The van der Waals surface area contributed by atoms with Gasteiger partial charge in [-0.2, -0.15) is 0 Å². The van der Waals surface area contributed by atoms with Crippen LogP contribution in [0.5, 0.6) is 0 Å². The second kappa shape index (κ2) is 14.1. The van der Waals surface area contributed by atoms with Crippen molar-refractivity contribution < 1.29 is 10.2 Å². The molecule has 1 aromatic rings. The molecule has 27 heavy (non-hydrogen) atoms. The van der Waals surface area contributed by atoms with Crippen LogP contribution in [-0.2, 0) is 0 Å². The van der Waals surface area contributed by atoms with Crippen molar-refractivity contribution in [1.29, 1.82) is 0 Å². The molecule has 7 heteroatoms. The van der Waals surface area contributed by atoms with E-state index in [4.69, 9.17) is 0 Å². The summed E-state index contributed by atoms with van der Waals surface area (Å²) in [5.41, 5.74) is 1.11. The maximum absolute atomic E-state index is 9.67. The minimum Gasteiger partial charge on any atom is -0.396 e. The third-order valence-electron chi connectivity index (χ3n) is 4.81. The van der Waals surface area contributed by atoms with Crippen molar-refractivity contribution in [2.24, 2.45) is 4.99 Å². The van der Waals surface area contributed by atoms with E-state index in [1.165, 1.54) is 0 Å². The van der Waals surface area contributed by atoms with Crippen LogP contribution < -0.4 is 10.6 Å². The van der Waals surface area contributed by atoms with Gasteiger partial charge in [0.05, 0.1) is 19.3 Å². The molecule has 0 radical (unpaired) electrons. The third-order valence-corrected chi connectivity index (χ3v) is 4.81. The molecule has 0 amide bonds. The predicted molar refractivity (Wildman–Crippen MR) is 122 cm³/mol. The van der Waals surface area contributed by atoms with Gasteiger partial charge in [-0.05, 0) is 38.3 Å². The number of hydrogen-bond acceptors (Lipinski definition) is 4. The number of benzene rings is 1. The molecule has 1 fully saturated rings. The maximum atomic E-state index is 9.67. The fourth-order valence-electron chi connectivity index (χ4n) is 3.19. The third kappa shape index (κ3) is 9.23. The number of likely N-dealkylation sites (tertiary alicyclic amines) is 1. The molecule has 1 unspecified atom stereocenters. The van der Waals surface area contributed by atoms with E-state index < -0.39 is 0 Å². The number of nitrogens with zero attached hydrogens (tertiary/aromatic N) is 2. The van der Waals surface area contributed by atoms with Gasteiger partial charge in [0.2, 0.25) is 0 Å². The summed E-state index contributed by atoms with van der Waals surface area (Å²) < 4.78 is 0. The maximum Gasteiger partial charge on any atom is 0.191 e. The largest absolute Gasteiger partial charge is 0.396 e. The van der Waals surface area contributed by atoms with Gasteiger partial charge in [0.1, 0.15) is 0 Å². The molecule has 0 aliphatic carbocycles. The first-order valence-corrected chi connectivity index (χ1v) is 9.81. The second-order valence-electron chi connectivity index (χ2n) is 6.86. The standard InChI is InChI=1S/C20H34N4O2.HI/c1-2-21-20(22-11-6-12-24-13-9-19(26)10-14-24)23-15-18(16-25)17-7-4-3-5-8-17;/h3-5,7-8,18-19,25-26H,2,6,9-16H2,1H3,(H2,21,22,23);1H. The number of guanidine groups is 1. The van der Waals surface area contributed by atoms with E-state index in [1.807, 2.05) is 30.3 Å². The molecule has 1 aliphatic rings. The molecule has 1 aliphatic heterocycles. The molecule has 1 aromatic carbocycles. The smallest absolute Gasteiger partial charge is 0.191 e. The summed E-state index contributed by atoms with van der Waals surface area (Å²) >= 11 is 0. The van der Waals surface area contributed by atoms with E-state index in [2.05, 4.69) is 27.4 Å². The van der Waals surface area contributed by atoms with Gasteiger partial charge < -0.3 is 25.7 Å². The number of aliphatic imine (C=N–C) groups is 1. The van der Waals surface area contributed by atoms with Gasteiger partial charge in [-0.25, -0.2) is 0 Å². The van der Waals surface area contributed by atoms with Crippen LogP contribution in [0.2, 0.25) is 0 Å². The van der Waals surface area contributed by atoms with Crippen LogP contribution in [0.25, 0.3) is 0 Å². The summed E-state index contributed by atoms with van der Waals surface area (Å²) in [5.74, 6) is 0.822. The van der Waals surface area contributed by atoms with Crippen LogP contribution in [0.3, 0.4) is 0 Å². The molecule has 0 bridgehead atoms. The molecule has 1 atom stereocenters. The molecule has 0 aromatic heterocycles. The van der Waals surface area contributed by atoms with Gasteiger partial charge in [-0.3, -0.25) is 4.99 Å². The van der Waals surface area contributed by atoms with Crippen LogP contribution in [0.1, 0.15) is 37.7 Å². The average molecular weight is 490 g/mol. The lowest BCUT2D eigenvalue weighted by molar-refractivity contribution is 0.0823. The van der Waals surface area contributed by atoms with Crippen molar-refractivity contribution in [1.82, 2.24) is 15.5 Å². The summed E-state index contributed by atoms with van der Waals surface area (Å²) in [7, 11) is 0. The topological polar surface area (TPSA) is 80.1 Å². The van der Waals surface area contributed by atoms with Crippen molar-refractivity contribution >= 4 is 29.9 Å². The Balaban J connectivity index is 0.00000364. The first-order chi connectivity index (χ1) is 12.7. The number of aliphatic hydroxyl groups is 2. The Morgan fingerprint density at radius 1 is 1.22 bits per heavy atom. The minimum absolute atomic E-state index is 0. The Labute approximate surface area is 180 Å². The normalized spacial score (nSPS) is 17.2. The van der Waals surface area contributed by atoms with Gasteiger partial charge in [0, 0.05) is 32.1 Å². The lowest BCUT2D eigenvalue weighted by Crippen LogP contribution is -2.40. The molecule has 2 rings (SSSR count). The van der Waals surface area contributed by atoms with Crippen molar-refractivity contribution in [2.45, 2.75) is 38.2 Å². The molecule has 0 spiro atoms. The number of halogens is 1. The number of aliphatic hydroxyl groups excluding tert-OH is 2. The summed E-state index contributed by atoms with van der Waals surface area (Å²) in [4.78, 5) is 7.06. The summed E-state index contributed by atoms with van der Waals surface area (Å²) in [6.45, 7) is 7.40. The van der Waals surface area contributed by atoms with Crippen molar-refractivity contribution in [2.75, 3.05) is 45.9 Å². The SMILES string of the molecule is CCNC(=NCC(CO)c1ccccc1)NCCCN1CCC(O)CC1.I. The van der Waals surface area contributed by atoms with Crippen LogP contribution in [-0.4, -0.2) is 73.1 Å². The lowest BCUT2D eigenvalue weighted by Gasteiger charge is -2.29. The molecule has 0 saturated carbocycles.